The number of hydrogen-bond donors (Lipinski definition) is 1. The predicted molar refractivity (Wildman–Crippen MR) is 113 cm³/mol. The number of carbonyl (C=O) groups is 1. The summed E-state index contributed by atoms with van der Waals surface area (Å²) in [6, 6.07) is 8.18. The van der Waals surface area contributed by atoms with Gasteiger partial charge in [0.15, 0.2) is 5.96 Å². The Morgan fingerprint density at radius 1 is 1.33 bits per heavy atom. The minimum absolute atomic E-state index is 0. The molecule has 0 saturated carbocycles. The molecule has 0 heterocycles. The number of aliphatic imine (C=N–C) groups is 1. The van der Waals surface area contributed by atoms with E-state index in [1.807, 2.05) is 25.2 Å². The highest BCUT2D eigenvalue weighted by Gasteiger charge is 2.08. The summed E-state index contributed by atoms with van der Waals surface area (Å²) >= 11 is 3.58. The molecule has 0 saturated heterocycles. The Morgan fingerprint density at radius 2 is 2.04 bits per heavy atom. The fraction of sp³-hybridized carbons (Fsp3) is 0.529. The van der Waals surface area contributed by atoms with Crippen LogP contribution in [0.5, 0.6) is 0 Å². The van der Waals surface area contributed by atoms with Gasteiger partial charge in [0.1, 0.15) is 0 Å². The predicted octanol–water partition coefficient (Wildman–Crippen LogP) is 3.81. The first-order chi connectivity index (χ1) is 11.1. The molecule has 0 aromatic heterocycles. The summed E-state index contributed by atoms with van der Waals surface area (Å²) in [4.78, 5) is 17.8. The molecule has 0 aliphatic rings. The monoisotopic (exact) mass is 511 g/mol. The minimum Gasteiger partial charge on any atom is -0.469 e. The fourth-order valence-corrected chi connectivity index (χ4v) is 2.51. The number of nitrogens with one attached hydrogen (secondary N) is 1. The highest BCUT2D eigenvalue weighted by molar-refractivity contribution is 14.0. The van der Waals surface area contributed by atoms with Gasteiger partial charge in [-0.1, -0.05) is 34.1 Å². The van der Waals surface area contributed by atoms with Crippen molar-refractivity contribution in [1.82, 2.24) is 10.2 Å². The topological polar surface area (TPSA) is 53.9 Å². The number of guanidine groups is 1. The van der Waals surface area contributed by atoms with Gasteiger partial charge in [-0.15, -0.1) is 24.0 Å². The van der Waals surface area contributed by atoms with Crippen LogP contribution in [0.1, 0.15) is 31.7 Å². The Morgan fingerprint density at radius 3 is 2.67 bits per heavy atom. The van der Waals surface area contributed by atoms with Gasteiger partial charge in [-0.25, -0.2) is 0 Å². The molecule has 0 atom stereocenters. The third-order valence-corrected chi connectivity index (χ3v) is 4.11. The number of ether oxygens (including phenoxy) is 1. The second kappa shape index (κ2) is 13.5. The third kappa shape index (κ3) is 8.86. The summed E-state index contributed by atoms with van der Waals surface area (Å²) in [5.74, 6) is 0.716. The number of hydrogen-bond acceptors (Lipinski definition) is 3. The second-order valence-electron chi connectivity index (χ2n) is 5.22. The van der Waals surface area contributed by atoms with Crippen LogP contribution in [0.2, 0.25) is 0 Å². The number of nitrogens with zero attached hydrogens (tertiary/aromatic N) is 2. The quantitative estimate of drug-likeness (QED) is 0.189. The molecular weight excluding hydrogens is 485 g/mol. The zero-order chi connectivity index (χ0) is 17.1. The van der Waals surface area contributed by atoms with E-state index < -0.39 is 0 Å². The summed E-state index contributed by atoms with van der Waals surface area (Å²) in [6.07, 6.45) is 2.12. The zero-order valence-corrected chi connectivity index (χ0v) is 18.5. The Bertz CT molecular complexity index is 526. The first kappa shape index (κ1) is 23.2. The van der Waals surface area contributed by atoms with Gasteiger partial charge in [-0.3, -0.25) is 9.79 Å². The van der Waals surface area contributed by atoms with Crippen LogP contribution in [-0.2, 0) is 16.1 Å². The van der Waals surface area contributed by atoms with Crippen molar-refractivity contribution in [2.75, 3.05) is 27.2 Å². The lowest BCUT2D eigenvalue weighted by Gasteiger charge is -2.22. The van der Waals surface area contributed by atoms with E-state index in [0.717, 1.165) is 36.4 Å². The number of halogens is 2. The van der Waals surface area contributed by atoms with E-state index in [1.54, 1.807) is 0 Å². The smallest absolute Gasteiger partial charge is 0.305 e. The molecule has 1 N–H and O–H groups in total. The van der Waals surface area contributed by atoms with Gasteiger partial charge < -0.3 is 15.0 Å². The largest absolute Gasteiger partial charge is 0.469 e. The fourth-order valence-electron chi connectivity index (χ4n) is 2.09. The van der Waals surface area contributed by atoms with Crippen LogP contribution in [-0.4, -0.2) is 44.1 Å². The molecule has 0 radical (unpaired) electrons. The Kier molecular flexibility index (Phi) is 13.0. The summed E-state index contributed by atoms with van der Waals surface area (Å²) in [7, 11) is 3.44. The third-order valence-electron chi connectivity index (χ3n) is 3.34. The van der Waals surface area contributed by atoms with Crippen molar-refractivity contribution >= 4 is 51.8 Å². The van der Waals surface area contributed by atoms with Crippen LogP contribution in [0.15, 0.2) is 33.7 Å². The summed E-state index contributed by atoms with van der Waals surface area (Å²) in [6.45, 7) is 4.34. The first-order valence-electron chi connectivity index (χ1n) is 7.88. The maximum absolute atomic E-state index is 11.1. The summed E-state index contributed by atoms with van der Waals surface area (Å²) in [5.41, 5.74) is 1.21. The Hall–Kier alpha value is -0.830. The van der Waals surface area contributed by atoms with Gasteiger partial charge in [0, 0.05) is 37.6 Å². The molecule has 136 valence electrons. The lowest BCUT2D eigenvalue weighted by atomic mass is 10.2. The van der Waals surface area contributed by atoms with Gasteiger partial charge in [-0.2, -0.15) is 0 Å². The zero-order valence-electron chi connectivity index (χ0n) is 14.5. The lowest BCUT2D eigenvalue weighted by molar-refractivity contribution is -0.140. The van der Waals surface area contributed by atoms with Crippen molar-refractivity contribution in [3.63, 3.8) is 0 Å². The van der Waals surface area contributed by atoms with Crippen molar-refractivity contribution in [2.45, 2.75) is 32.7 Å². The highest BCUT2D eigenvalue weighted by atomic mass is 127. The van der Waals surface area contributed by atoms with E-state index in [1.165, 1.54) is 12.7 Å². The van der Waals surface area contributed by atoms with Gasteiger partial charge in [0.25, 0.3) is 0 Å². The normalized spacial score (nSPS) is 10.8. The number of rotatable bonds is 8. The van der Waals surface area contributed by atoms with E-state index in [0.29, 0.717) is 13.0 Å². The van der Waals surface area contributed by atoms with Crippen molar-refractivity contribution in [1.29, 1.82) is 0 Å². The van der Waals surface area contributed by atoms with Crippen molar-refractivity contribution in [2.24, 2.45) is 4.99 Å². The van der Waals surface area contributed by atoms with E-state index in [-0.39, 0.29) is 29.9 Å². The van der Waals surface area contributed by atoms with Crippen LogP contribution in [0.4, 0.5) is 0 Å². The molecule has 7 heteroatoms. The lowest BCUT2D eigenvalue weighted by Crippen LogP contribution is -2.38. The average molecular weight is 512 g/mol. The molecule has 1 rings (SSSR count). The van der Waals surface area contributed by atoms with Gasteiger partial charge in [-0.05, 0) is 31.4 Å². The molecule has 1 aromatic rings. The number of esters is 1. The Balaban J connectivity index is 0.00000529. The van der Waals surface area contributed by atoms with Gasteiger partial charge in [0.2, 0.25) is 0 Å². The van der Waals surface area contributed by atoms with Gasteiger partial charge in [0.05, 0.1) is 7.11 Å². The number of unbranched alkanes of at least 4 members (excludes halogenated alkanes) is 1. The molecule has 0 amide bonds. The van der Waals surface area contributed by atoms with E-state index >= 15 is 0 Å². The molecular formula is C17H27BrIN3O2. The summed E-state index contributed by atoms with van der Waals surface area (Å²) < 4.78 is 5.73. The maximum atomic E-state index is 11.1. The molecule has 1 aromatic carbocycles. The average Bonchev–Trinajstić information content (AvgIpc) is 2.55. The molecule has 0 spiro atoms. The second-order valence-corrected chi connectivity index (χ2v) is 6.07. The SMILES string of the molecule is CCNC(=NCCCCC(=O)OC)N(C)Cc1ccccc1Br.I. The van der Waals surface area contributed by atoms with E-state index in [9.17, 15) is 4.79 Å². The minimum atomic E-state index is -0.160. The van der Waals surface area contributed by atoms with Crippen LogP contribution in [0.25, 0.3) is 0 Å². The molecule has 0 aliphatic heterocycles. The van der Waals surface area contributed by atoms with E-state index in [4.69, 9.17) is 0 Å². The molecule has 0 bridgehead atoms. The molecule has 0 aliphatic carbocycles. The first-order valence-corrected chi connectivity index (χ1v) is 8.67. The number of benzene rings is 1. The molecule has 5 nitrogen and oxygen atoms in total. The molecule has 0 fully saturated rings. The van der Waals surface area contributed by atoms with Crippen molar-refractivity contribution in [3.05, 3.63) is 34.3 Å². The summed E-state index contributed by atoms with van der Waals surface area (Å²) in [5, 5.41) is 3.30. The van der Waals surface area contributed by atoms with Crippen LogP contribution in [0.3, 0.4) is 0 Å². The van der Waals surface area contributed by atoms with Crippen LogP contribution >= 0.6 is 39.9 Å². The standard InChI is InChI=1S/C17H26BrN3O2.HI/c1-4-19-17(20-12-8-7-11-16(22)23-3)21(2)13-14-9-5-6-10-15(14)18;/h5-6,9-10H,4,7-8,11-13H2,1-3H3,(H,19,20);1H. The molecule has 24 heavy (non-hydrogen) atoms. The van der Waals surface area contributed by atoms with Crippen LogP contribution < -0.4 is 5.32 Å². The van der Waals surface area contributed by atoms with Gasteiger partial charge >= 0.3 is 5.97 Å². The van der Waals surface area contributed by atoms with E-state index in [2.05, 4.69) is 48.9 Å². The maximum Gasteiger partial charge on any atom is 0.305 e. The molecule has 0 unspecified atom stereocenters. The Labute approximate surface area is 170 Å². The number of methoxy groups -OCH3 is 1. The number of carbonyl (C=O) groups excluding carboxylic acids is 1. The van der Waals surface area contributed by atoms with Crippen molar-refractivity contribution < 1.29 is 9.53 Å². The van der Waals surface area contributed by atoms with Crippen molar-refractivity contribution in [3.8, 4) is 0 Å². The van der Waals surface area contributed by atoms with Crippen LogP contribution in [0, 0.1) is 0 Å². The highest BCUT2D eigenvalue weighted by Crippen LogP contribution is 2.17.